The standard InChI is InChI=1S/C45H43N2O4.CH4/c1-44(2)36-14-9-10-15-37(36)46(28-30-18-22-33(23-19-30)42(48)50-5)39(44)16-11-17-40-45(3,4)41-35-13-8-7-12-32(35)26-27-38(41)47(40)29-31-20-24-34(25-21-31)43(49)51-6;/h7-27H,28-29H2,1-6H3;1H4/q+1;. The minimum Gasteiger partial charge on any atom is -0.465 e. The van der Waals surface area contributed by atoms with Gasteiger partial charge in [-0.15, -0.1) is 0 Å². The van der Waals surface area contributed by atoms with Gasteiger partial charge in [-0.2, -0.15) is 4.58 Å². The Morgan fingerprint density at radius 2 is 1.31 bits per heavy atom. The van der Waals surface area contributed by atoms with E-state index < -0.39 is 0 Å². The molecule has 6 nitrogen and oxygen atoms in total. The third-order valence-corrected chi connectivity index (χ3v) is 10.5. The number of benzene rings is 5. The molecule has 0 aromatic heterocycles. The summed E-state index contributed by atoms with van der Waals surface area (Å²) in [4.78, 5) is 26.6. The number of anilines is 1. The molecule has 7 rings (SSSR count). The monoisotopic (exact) mass is 691 g/mol. The SMILES string of the molecule is C.COC(=O)c1ccc(CN2C(=CC=CC3=[N+](Cc4ccc(C(=O)OC)cc4)c4ccc5ccccc5c4C3(C)C)C(C)(C)c3ccccc32)cc1. The first kappa shape index (κ1) is 36.1. The van der Waals surface area contributed by atoms with E-state index in [-0.39, 0.29) is 30.2 Å². The van der Waals surface area contributed by atoms with Gasteiger partial charge in [-0.1, -0.05) is 94.1 Å². The lowest BCUT2D eigenvalue weighted by molar-refractivity contribution is -0.455. The average Bonchev–Trinajstić information content (AvgIpc) is 3.49. The number of carbonyl (C=O) groups is 2. The van der Waals surface area contributed by atoms with Crippen molar-refractivity contribution in [3.05, 3.63) is 167 Å². The summed E-state index contributed by atoms with van der Waals surface area (Å²) in [7, 11) is 2.81. The molecule has 0 atom stereocenters. The van der Waals surface area contributed by atoms with Crippen LogP contribution in [0.4, 0.5) is 11.4 Å². The van der Waals surface area contributed by atoms with E-state index in [9.17, 15) is 9.59 Å². The van der Waals surface area contributed by atoms with Gasteiger partial charge in [0.25, 0.3) is 0 Å². The topological polar surface area (TPSA) is 58.8 Å². The Kier molecular flexibility index (Phi) is 9.78. The third kappa shape index (κ3) is 6.23. The molecule has 0 aliphatic carbocycles. The van der Waals surface area contributed by atoms with Gasteiger partial charge in [0, 0.05) is 46.6 Å². The first-order chi connectivity index (χ1) is 24.5. The van der Waals surface area contributed by atoms with Gasteiger partial charge in [-0.3, -0.25) is 0 Å². The summed E-state index contributed by atoms with van der Waals surface area (Å²) in [6.45, 7) is 10.5. The number of nitrogens with zero attached hydrogens (tertiary/aromatic N) is 2. The first-order valence-electron chi connectivity index (χ1n) is 17.3. The molecule has 0 bridgehead atoms. The second-order valence-electron chi connectivity index (χ2n) is 14.3. The molecule has 0 spiro atoms. The molecular formula is C46H47N2O4+. The summed E-state index contributed by atoms with van der Waals surface area (Å²) < 4.78 is 12.3. The highest BCUT2D eigenvalue weighted by molar-refractivity contribution is 6.07. The van der Waals surface area contributed by atoms with Crippen LogP contribution in [-0.4, -0.2) is 36.4 Å². The zero-order valence-corrected chi connectivity index (χ0v) is 30.1. The van der Waals surface area contributed by atoms with Crippen LogP contribution in [0.25, 0.3) is 10.8 Å². The van der Waals surface area contributed by atoms with Crippen LogP contribution in [0, 0.1) is 0 Å². The highest BCUT2D eigenvalue weighted by Crippen LogP contribution is 2.49. The van der Waals surface area contributed by atoms with Gasteiger partial charge in [0.1, 0.15) is 0 Å². The van der Waals surface area contributed by atoms with Gasteiger partial charge >= 0.3 is 11.9 Å². The molecule has 2 aliphatic rings. The van der Waals surface area contributed by atoms with E-state index in [1.54, 1.807) is 0 Å². The van der Waals surface area contributed by atoms with E-state index in [2.05, 4.69) is 116 Å². The first-order valence-corrected chi connectivity index (χ1v) is 17.3. The number of carbonyl (C=O) groups excluding carboxylic acids is 2. The molecule has 5 aromatic rings. The van der Waals surface area contributed by atoms with Gasteiger partial charge in [-0.05, 0) is 78.2 Å². The smallest absolute Gasteiger partial charge is 0.337 e. The van der Waals surface area contributed by atoms with Crippen molar-refractivity contribution in [1.82, 2.24) is 0 Å². The molecule has 264 valence electrons. The van der Waals surface area contributed by atoms with Crippen LogP contribution in [0.2, 0.25) is 0 Å². The zero-order valence-electron chi connectivity index (χ0n) is 30.1. The number of para-hydroxylation sites is 1. The molecule has 0 N–H and O–H groups in total. The number of rotatable bonds is 8. The van der Waals surface area contributed by atoms with Crippen molar-refractivity contribution in [3.8, 4) is 0 Å². The fourth-order valence-electron chi connectivity index (χ4n) is 7.84. The van der Waals surface area contributed by atoms with Gasteiger partial charge in [0.15, 0.2) is 12.3 Å². The normalized spacial score (nSPS) is 16.2. The molecule has 5 aromatic carbocycles. The number of hydrogen-bond acceptors (Lipinski definition) is 5. The molecule has 2 heterocycles. The summed E-state index contributed by atoms with van der Waals surface area (Å²) in [6, 6.07) is 37.0. The van der Waals surface area contributed by atoms with Crippen LogP contribution < -0.4 is 4.90 Å². The highest BCUT2D eigenvalue weighted by Gasteiger charge is 2.46. The Morgan fingerprint density at radius 3 is 1.96 bits per heavy atom. The Balaban J connectivity index is 0.00000464. The van der Waals surface area contributed by atoms with Crippen molar-refractivity contribution in [3.63, 3.8) is 0 Å². The summed E-state index contributed by atoms with van der Waals surface area (Å²) in [5.74, 6) is -0.678. The molecule has 0 saturated carbocycles. The van der Waals surface area contributed by atoms with Crippen LogP contribution in [0.15, 0.2) is 133 Å². The van der Waals surface area contributed by atoms with Crippen LogP contribution >= 0.6 is 0 Å². The van der Waals surface area contributed by atoms with Gasteiger partial charge in [-0.25, -0.2) is 9.59 Å². The maximum atomic E-state index is 12.1. The van der Waals surface area contributed by atoms with E-state index in [0.29, 0.717) is 24.2 Å². The number of fused-ring (bicyclic) bond motifs is 4. The van der Waals surface area contributed by atoms with E-state index in [1.807, 2.05) is 48.5 Å². The van der Waals surface area contributed by atoms with Crippen molar-refractivity contribution in [1.29, 1.82) is 0 Å². The summed E-state index contributed by atoms with van der Waals surface area (Å²) >= 11 is 0. The van der Waals surface area contributed by atoms with E-state index >= 15 is 0 Å². The maximum absolute atomic E-state index is 12.1. The van der Waals surface area contributed by atoms with Crippen molar-refractivity contribution in [2.75, 3.05) is 19.1 Å². The van der Waals surface area contributed by atoms with E-state index in [4.69, 9.17) is 9.47 Å². The predicted octanol–water partition coefficient (Wildman–Crippen LogP) is 10.1. The highest BCUT2D eigenvalue weighted by atomic mass is 16.5. The van der Waals surface area contributed by atoms with Crippen LogP contribution in [0.3, 0.4) is 0 Å². The molecule has 0 radical (unpaired) electrons. The number of ether oxygens (including phenoxy) is 2. The molecule has 52 heavy (non-hydrogen) atoms. The second-order valence-corrected chi connectivity index (χ2v) is 14.3. The van der Waals surface area contributed by atoms with Crippen LogP contribution in [0.5, 0.6) is 0 Å². The Labute approximate surface area is 307 Å². The van der Waals surface area contributed by atoms with Gasteiger partial charge in [0.2, 0.25) is 5.69 Å². The number of methoxy groups -OCH3 is 2. The summed E-state index contributed by atoms with van der Waals surface area (Å²) in [6.07, 6.45) is 6.73. The second kappa shape index (κ2) is 14.1. The van der Waals surface area contributed by atoms with Crippen molar-refractivity contribution < 1.29 is 23.6 Å². The minimum absolute atomic E-state index is 0. The van der Waals surface area contributed by atoms with E-state index in [0.717, 1.165) is 11.1 Å². The number of allylic oxidation sites excluding steroid dienone is 4. The van der Waals surface area contributed by atoms with Gasteiger partial charge < -0.3 is 14.4 Å². The van der Waals surface area contributed by atoms with E-state index in [1.165, 1.54) is 58.9 Å². The van der Waals surface area contributed by atoms with Crippen LogP contribution in [0.1, 0.15) is 78.1 Å². The number of hydrogen-bond donors (Lipinski definition) is 0. The Hall–Kier alpha value is -5.75. The van der Waals surface area contributed by atoms with Crippen molar-refractivity contribution in [2.45, 2.75) is 59.0 Å². The fraction of sp³-hybridized carbons (Fsp3) is 0.239. The molecule has 0 unspecified atom stereocenters. The molecule has 2 aliphatic heterocycles. The minimum atomic E-state index is -0.340. The fourth-order valence-corrected chi connectivity index (χ4v) is 7.84. The maximum Gasteiger partial charge on any atom is 0.337 e. The largest absolute Gasteiger partial charge is 0.465 e. The quantitative estimate of drug-likeness (QED) is 0.120. The lowest BCUT2D eigenvalue weighted by Gasteiger charge is -2.27. The average molecular weight is 692 g/mol. The summed E-state index contributed by atoms with van der Waals surface area (Å²) in [5.41, 5.74) is 10.1. The predicted molar refractivity (Wildman–Crippen MR) is 211 cm³/mol. The van der Waals surface area contributed by atoms with Crippen molar-refractivity contribution >= 4 is 39.8 Å². The molecule has 6 heteroatoms. The zero-order chi connectivity index (χ0) is 35.9. The third-order valence-electron chi connectivity index (χ3n) is 10.5. The molecular weight excluding hydrogens is 645 g/mol. The summed E-state index contributed by atoms with van der Waals surface area (Å²) in [5, 5.41) is 2.48. The molecule has 0 fully saturated rings. The van der Waals surface area contributed by atoms with Gasteiger partial charge in [0.05, 0.1) is 30.8 Å². The molecule has 0 amide bonds. The lowest BCUT2D eigenvalue weighted by atomic mass is 9.79. The lowest BCUT2D eigenvalue weighted by Crippen LogP contribution is -2.28. The Morgan fingerprint density at radius 1 is 0.712 bits per heavy atom. The Bertz CT molecular complexity index is 2260. The van der Waals surface area contributed by atoms with Crippen LogP contribution in [-0.2, 0) is 33.4 Å². The van der Waals surface area contributed by atoms with Crippen molar-refractivity contribution in [2.24, 2.45) is 0 Å². The number of esters is 2. The molecule has 0 saturated heterocycles.